The van der Waals surface area contributed by atoms with Crippen LogP contribution in [0.3, 0.4) is 0 Å². The Balaban J connectivity index is 2.33. The number of hydrogen-bond acceptors (Lipinski definition) is 1. The molecule has 1 unspecified atom stereocenters. The first-order valence-corrected chi connectivity index (χ1v) is 6.88. The lowest BCUT2D eigenvalue weighted by Gasteiger charge is -2.37. The molecule has 0 aliphatic heterocycles. The molecular formula is C16H15BrO. The summed E-state index contributed by atoms with van der Waals surface area (Å²) in [6.07, 6.45) is -0.516. The van der Waals surface area contributed by atoms with Crippen LogP contribution in [0.5, 0.6) is 0 Å². The Morgan fingerprint density at radius 3 is 2.44 bits per heavy atom. The van der Waals surface area contributed by atoms with Gasteiger partial charge in [-0.25, -0.2) is 0 Å². The molecule has 0 radical (unpaired) electrons. The average Bonchev–Trinajstić information content (AvgIpc) is 2.36. The van der Waals surface area contributed by atoms with Gasteiger partial charge in [0.15, 0.2) is 0 Å². The summed E-state index contributed by atoms with van der Waals surface area (Å²) < 4.78 is 1.06. The zero-order valence-corrected chi connectivity index (χ0v) is 12.0. The van der Waals surface area contributed by atoms with Crippen molar-refractivity contribution >= 4 is 15.9 Å². The van der Waals surface area contributed by atoms with Gasteiger partial charge in [0.25, 0.3) is 0 Å². The maximum absolute atomic E-state index is 10.5. The molecule has 1 aliphatic rings. The number of rotatable bonds is 0. The third-order valence-electron chi connectivity index (χ3n) is 3.91. The first kappa shape index (κ1) is 11.9. The average molecular weight is 303 g/mol. The van der Waals surface area contributed by atoms with Gasteiger partial charge in [-0.1, -0.05) is 60.1 Å². The largest absolute Gasteiger partial charge is 0.384 e. The smallest absolute Gasteiger partial charge is 0.105 e. The van der Waals surface area contributed by atoms with Crippen molar-refractivity contribution in [3.63, 3.8) is 0 Å². The topological polar surface area (TPSA) is 20.2 Å². The van der Waals surface area contributed by atoms with Crippen LogP contribution in [-0.2, 0) is 5.41 Å². The van der Waals surface area contributed by atoms with Crippen LogP contribution in [0.4, 0.5) is 0 Å². The van der Waals surface area contributed by atoms with E-state index in [-0.39, 0.29) is 5.41 Å². The normalized spacial score (nSPS) is 20.1. The van der Waals surface area contributed by atoms with Crippen molar-refractivity contribution < 1.29 is 5.11 Å². The van der Waals surface area contributed by atoms with Crippen LogP contribution < -0.4 is 0 Å². The number of aliphatic hydroxyl groups is 1. The third kappa shape index (κ3) is 1.56. The van der Waals surface area contributed by atoms with Crippen LogP contribution in [0.15, 0.2) is 46.9 Å². The minimum absolute atomic E-state index is 0.0745. The zero-order valence-electron chi connectivity index (χ0n) is 10.4. The molecule has 1 aliphatic carbocycles. The molecule has 0 saturated heterocycles. The molecule has 2 heteroatoms. The number of benzene rings is 2. The molecule has 0 bridgehead atoms. The van der Waals surface area contributed by atoms with E-state index < -0.39 is 6.10 Å². The summed E-state index contributed by atoms with van der Waals surface area (Å²) in [5.41, 5.74) is 4.37. The number of aliphatic hydroxyl groups excluding tert-OH is 1. The Morgan fingerprint density at radius 1 is 1.00 bits per heavy atom. The number of hydrogen-bond donors (Lipinski definition) is 1. The van der Waals surface area contributed by atoms with Crippen LogP contribution in [0.2, 0.25) is 0 Å². The first-order valence-electron chi connectivity index (χ1n) is 6.09. The standard InChI is InChI=1S/C16H15BrO/c1-16(2)13-6-4-3-5-11(13)15(18)12-8-7-10(17)9-14(12)16/h3-9,15,18H,1-2H3. The van der Waals surface area contributed by atoms with Crippen LogP contribution >= 0.6 is 15.9 Å². The van der Waals surface area contributed by atoms with Gasteiger partial charge in [0.05, 0.1) is 0 Å². The molecule has 0 fully saturated rings. The Morgan fingerprint density at radius 2 is 1.67 bits per heavy atom. The molecule has 0 amide bonds. The summed E-state index contributed by atoms with van der Waals surface area (Å²) in [5.74, 6) is 0. The molecule has 1 N–H and O–H groups in total. The van der Waals surface area contributed by atoms with Crippen LogP contribution in [0.1, 0.15) is 42.2 Å². The Hall–Kier alpha value is -1.12. The highest BCUT2D eigenvalue weighted by Crippen LogP contribution is 2.46. The van der Waals surface area contributed by atoms with E-state index in [2.05, 4.69) is 41.9 Å². The second-order valence-electron chi connectivity index (χ2n) is 5.35. The molecule has 0 saturated carbocycles. The van der Waals surface area contributed by atoms with Crippen molar-refractivity contribution in [2.24, 2.45) is 0 Å². The predicted molar refractivity (Wildman–Crippen MR) is 76.8 cm³/mol. The van der Waals surface area contributed by atoms with Gasteiger partial charge in [0, 0.05) is 9.89 Å². The minimum atomic E-state index is -0.516. The Bertz CT molecular complexity index is 616. The third-order valence-corrected chi connectivity index (χ3v) is 4.41. The van der Waals surface area contributed by atoms with Gasteiger partial charge in [-0.2, -0.15) is 0 Å². The van der Waals surface area contributed by atoms with Crippen molar-refractivity contribution in [2.75, 3.05) is 0 Å². The fourth-order valence-electron chi connectivity index (χ4n) is 2.93. The molecule has 2 aromatic carbocycles. The molecule has 1 nitrogen and oxygen atoms in total. The summed E-state index contributed by atoms with van der Waals surface area (Å²) in [4.78, 5) is 0. The Kier molecular flexibility index (Phi) is 2.61. The second kappa shape index (κ2) is 3.94. The van der Waals surface area contributed by atoms with E-state index in [4.69, 9.17) is 0 Å². The number of halogens is 1. The Labute approximate surface area is 116 Å². The number of fused-ring (bicyclic) bond motifs is 2. The van der Waals surface area contributed by atoms with Crippen molar-refractivity contribution in [3.8, 4) is 0 Å². The maximum Gasteiger partial charge on any atom is 0.105 e. The fraction of sp³-hybridized carbons (Fsp3) is 0.250. The van der Waals surface area contributed by atoms with Crippen molar-refractivity contribution in [2.45, 2.75) is 25.4 Å². The van der Waals surface area contributed by atoms with Crippen molar-refractivity contribution in [1.29, 1.82) is 0 Å². The van der Waals surface area contributed by atoms with E-state index in [1.54, 1.807) is 0 Å². The van der Waals surface area contributed by atoms with Gasteiger partial charge in [0.2, 0.25) is 0 Å². The fourth-order valence-corrected chi connectivity index (χ4v) is 3.29. The van der Waals surface area contributed by atoms with Crippen LogP contribution in [0, 0.1) is 0 Å². The van der Waals surface area contributed by atoms with Gasteiger partial charge in [-0.05, 0) is 34.4 Å². The molecule has 1 atom stereocenters. The lowest BCUT2D eigenvalue weighted by molar-refractivity contribution is 0.210. The van der Waals surface area contributed by atoms with Gasteiger partial charge >= 0.3 is 0 Å². The first-order chi connectivity index (χ1) is 8.51. The molecule has 0 aromatic heterocycles. The van der Waals surface area contributed by atoms with E-state index in [0.29, 0.717) is 0 Å². The zero-order chi connectivity index (χ0) is 12.9. The monoisotopic (exact) mass is 302 g/mol. The SMILES string of the molecule is CC1(C)c2ccccc2C(O)c2ccc(Br)cc21. The van der Waals surface area contributed by atoms with E-state index in [1.165, 1.54) is 11.1 Å². The predicted octanol–water partition coefficient (Wildman–Crippen LogP) is 4.17. The summed E-state index contributed by atoms with van der Waals surface area (Å²) in [7, 11) is 0. The highest BCUT2D eigenvalue weighted by Gasteiger charge is 2.36. The van der Waals surface area contributed by atoms with Crippen molar-refractivity contribution in [3.05, 3.63) is 69.2 Å². The van der Waals surface area contributed by atoms with Crippen molar-refractivity contribution in [1.82, 2.24) is 0 Å². The quantitative estimate of drug-likeness (QED) is 0.774. The highest BCUT2D eigenvalue weighted by molar-refractivity contribution is 9.10. The van der Waals surface area contributed by atoms with Gasteiger partial charge < -0.3 is 5.11 Å². The summed E-state index contributed by atoms with van der Waals surface area (Å²) in [5, 5.41) is 10.5. The van der Waals surface area contributed by atoms with Gasteiger partial charge in [0.1, 0.15) is 6.10 Å². The lowest BCUT2D eigenvalue weighted by atomic mass is 9.68. The molecule has 18 heavy (non-hydrogen) atoms. The molecule has 0 spiro atoms. The van der Waals surface area contributed by atoms with Crippen LogP contribution in [0.25, 0.3) is 0 Å². The maximum atomic E-state index is 10.5. The van der Waals surface area contributed by atoms with E-state index >= 15 is 0 Å². The molecule has 92 valence electrons. The summed E-state index contributed by atoms with van der Waals surface area (Å²) in [6.45, 7) is 4.42. The van der Waals surface area contributed by atoms with E-state index in [0.717, 1.165) is 15.6 Å². The molecule has 2 aromatic rings. The minimum Gasteiger partial charge on any atom is -0.384 e. The van der Waals surface area contributed by atoms with Crippen LogP contribution in [-0.4, -0.2) is 5.11 Å². The van der Waals surface area contributed by atoms with E-state index in [1.807, 2.05) is 30.3 Å². The lowest BCUT2D eigenvalue weighted by Crippen LogP contribution is -2.29. The second-order valence-corrected chi connectivity index (χ2v) is 6.26. The molecule has 3 rings (SSSR count). The highest BCUT2D eigenvalue weighted by atomic mass is 79.9. The van der Waals surface area contributed by atoms with Gasteiger partial charge in [-0.3, -0.25) is 0 Å². The summed E-state index contributed by atoms with van der Waals surface area (Å²) >= 11 is 3.52. The summed E-state index contributed by atoms with van der Waals surface area (Å²) in [6, 6.07) is 14.3. The van der Waals surface area contributed by atoms with E-state index in [9.17, 15) is 5.11 Å². The molecular weight excluding hydrogens is 288 g/mol. The molecule has 0 heterocycles. The van der Waals surface area contributed by atoms with Gasteiger partial charge in [-0.15, -0.1) is 0 Å².